The number of primary amides is 1. The van der Waals surface area contributed by atoms with Crippen molar-refractivity contribution in [3.63, 3.8) is 0 Å². The summed E-state index contributed by atoms with van der Waals surface area (Å²) in [5, 5.41) is 0. The van der Waals surface area contributed by atoms with E-state index in [1.54, 1.807) is 0 Å². The fourth-order valence-corrected chi connectivity index (χ4v) is 2.55. The number of hydrogen-bond donors (Lipinski definition) is 1. The number of carbonyl (C=O) groups is 1. The molecule has 1 aromatic rings. The second kappa shape index (κ2) is 5.32. The van der Waals surface area contributed by atoms with E-state index in [2.05, 4.69) is 36.2 Å². The summed E-state index contributed by atoms with van der Waals surface area (Å²) in [4.78, 5) is 13.6. The van der Waals surface area contributed by atoms with Crippen molar-refractivity contribution in [1.82, 2.24) is 4.90 Å². The minimum absolute atomic E-state index is 0.0555. The molecule has 2 N–H and O–H groups in total. The van der Waals surface area contributed by atoms with Gasteiger partial charge in [0.05, 0.1) is 0 Å². The smallest absolute Gasteiger partial charge is 0.220 e. The summed E-state index contributed by atoms with van der Waals surface area (Å²) >= 11 is 0. The molecule has 0 spiro atoms. The van der Waals surface area contributed by atoms with Crippen LogP contribution in [0.4, 0.5) is 0 Å². The van der Waals surface area contributed by atoms with Crippen molar-refractivity contribution >= 4 is 5.91 Å². The van der Waals surface area contributed by atoms with Gasteiger partial charge < -0.3 is 10.6 Å². The Hall–Kier alpha value is -1.35. The van der Waals surface area contributed by atoms with Crippen LogP contribution in [0.2, 0.25) is 0 Å². The second-order valence-corrected chi connectivity index (χ2v) is 4.95. The molecule has 3 nitrogen and oxygen atoms in total. The minimum Gasteiger partial charge on any atom is -0.369 e. The highest BCUT2D eigenvalue weighted by Gasteiger charge is 2.28. The summed E-state index contributed by atoms with van der Waals surface area (Å²) in [6.07, 6.45) is 2.79. The first kappa shape index (κ1) is 12.1. The van der Waals surface area contributed by atoms with Gasteiger partial charge in [-0.05, 0) is 38.4 Å². The van der Waals surface area contributed by atoms with Crippen LogP contribution < -0.4 is 5.73 Å². The molecule has 1 aliphatic heterocycles. The fourth-order valence-electron chi connectivity index (χ4n) is 2.55. The fraction of sp³-hybridized carbons (Fsp3) is 0.500. The van der Waals surface area contributed by atoms with E-state index in [0.29, 0.717) is 6.04 Å². The Morgan fingerprint density at radius 3 is 2.76 bits per heavy atom. The topological polar surface area (TPSA) is 46.3 Å². The van der Waals surface area contributed by atoms with Crippen molar-refractivity contribution in [2.75, 3.05) is 13.6 Å². The normalized spacial score (nSPS) is 25.7. The summed E-state index contributed by atoms with van der Waals surface area (Å²) in [6.45, 7) is 0.963. The molecule has 1 heterocycles. The van der Waals surface area contributed by atoms with E-state index in [-0.39, 0.29) is 11.8 Å². The molecule has 0 radical (unpaired) electrons. The Bertz CT molecular complexity index is 377. The lowest BCUT2D eigenvalue weighted by molar-refractivity contribution is -0.123. The van der Waals surface area contributed by atoms with Crippen molar-refractivity contribution < 1.29 is 4.79 Å². The predicted octanol–water partition coefficient (Wildman–Crippen LogP) is 1.42. The van der Waals surface area contributed by atoms with Crippen molar-refractivity contribution in [3.05, 3.63) is 35.9 Å². The van der Waals surface area contributed by atoms with E-state index in [1.807, 2.05) is 6.07 Å². The highest BCUT2D eigenvalue weighted by atomic mass is 16.1. The molecule has 0 aromatic heterocycles. The molecule has 2 unspecified atom stereocenters. The van der Waals surface area contributed by atoms with Crippen LogP contribution in [0, 0.1) is 5.92 Å². The number of nitrogens with two attached hydrogens (primary N) is 1. The monoisotopic (exact) mass is 232 g/mol. The highest BCUT2D eigenvalue weighted by molar-refractivity contribution is 5.76. The number of benzene rings is 1. The van der Waals surface area contributed by atoms with Gasteiger partial charge in [-0.15, -0.1) is 0 Å². The van der Waals surface area contributed by atoms with Gasteiger partial charge in [-0.3, -0.25) is 4.79 Å². The van der Waals surface area contributed by atoms with Crippen LogP contribution >= 0.6 is 0 Å². The Balaban J connectivity index is 2.01. The summed E-state index contributed by atoms with van der Waals surface area (Å²) in [7, 11) is 2.13. The molecule has 17 heavy (non-hydrogen) atoms. The predicted molar refractivity (Wildman–Crippen MR) is 68.5 cm³/mol. The third-order valence-electron chi connectivity index (χ3n) is 3.73. The number of piperidine rings is 1. The standard InChI is InChI=1S/C14H20N2O/c1-16-8-7-12(14(15)17)10-13(16)9-11-5-3-2-4-6-11/h2-6,12-13H,7-10H2,1H3,(H2,15,17). The number of amides is 1. The zero-order valence-electron chi connectivity index (χ0n) is 10.3. The molecule has 2 rings (SSSR count). The van der Waals surface area contributed by atoms with E-state index in [4.69, 9.17) is 5.73 Å². The molecule has 2 atom stereocenters. The molecule has 1 aromatic carbocycles. The van der Waals surface area contributed by atoms with Crippen LogP contribution in [-0.2, 0) is 11.2 Å². The van der Waals surface area contributed by atoms with Crippen molar-refractivity contribution in [2.45, 2.75) is 25.3 Å². The molecule has 1 fully saturated rings. The third kappa shape index (κ3) is 3.07. The summed E-state index contributed by atoms with van der Waals surface area (Å²) < 4.78 is 0. The number of hydrogen-bond acceptors (Lipinski definition) is 2. The Morgan fingerprint density at radius 1 is 1.41 bits per heavy atom. The SMILES string of the molecule is CN1CCC(C(N)=O)CC1Cc1ccccc1. The number of nitrogens with zero attached hydrogens (tertiary/aromatic N) is 1. The van der Waals surface area contributed by atoms with E-state index in [0.717, 1.165) is 25.8 Å². The van der Waals surface area contributed by atoms with E-state index >= 15 is 0 Å². The van der Waals surface area contributed by atoms with Crippen LogP contribution in [-0.4, -0.2) is 30.4 Å². The molecular weight excluding hydrogens is 212 g/mol. The average molecular weight is 232 g/mol. The maximum absolute atomic E-state index is 11.3. The zero-order chi connectivity index (χ0) is 12.3. The maximum atomic E-state index is 11.3. The van der Waals surface area contributed by atoms with Crippen LogP contribution in [0.25, 0.3) is 0 Å². The maximum Gasteiger partial charge on any atom is 0.220 e. The quantitative estimate of drug-likeness (QED) is 0.857. The van der Waals surface area contributed by atoms with Crippen LogP contribution in [0.1, 0.15) is 18.4 Å². The Morgan fingerprint density at radius 2 is 2.12 bits per heavy atom. The van der Waals surface area contributed by atoms with Gasteiger partial charge in [0.25, 0.3) is 0 Å². The number of carbonyl (C=O) groups excluding carboxylic acids is 1. The summed E-state index contributed by atoms with van der Waals surface area (Å²) in [6, 6.07) is 10.9. The minimum atomic E-state index is -0.142. The molecular formula is C14H20N2O. The van der Waals surface area contributed by atoms with Crippen LogP contribution in [0.15, 0.2) is 30.3 Å². The van der Waals surface area contributed by atoms with Gasteiger partial charge >= 0.3 is 0 Å². The first-order valence-corrected chi connectivity index (χ1v) is 6.20. The Labute approximate surface area is 103 Å². The lowest BCUT2D eigenvalue weighted by Gasteiger charge is -2.36. The van der Waals surface area contributed by atoms with Crippen molar-refractivity contribution in [2.24, 2.45) is 11.7 Å². The van der Waals surface area contributed by atoms with Crippen molar-refractivity contribution in [1.29, 1.82) is 0 Å². The lowest BCUT2D eigenvalue weighted by atomic mass is 9.87. The van der Waals surface area contributed by atoms with E-state index in [1.165, 1.54) is 5.56 Å². The van der Waals surface area contributed by atoms with Gasteiger partial charge in [0, 0.05) is 12.0 Å². The molecule has 92 valence electrons. The first-order chi connectivity index (χ1) is 8.16. The van der Waals surface area contributed by atoms with E-state index < -0.39 is 0 Å². The molecule has 0 bridgehead atoms. The van der Waals surface area contributed by atoms with Gasteiger partial charge in [0.2, 0.25) is 5.91 Å². The van der Waals surface area contributed by atoms with Crippen LogP contribution in [0.3, 0.4) is 0 Å². The lowest BCUT2D eigenvalue weighted by Crippen LogP contribution is -2.44. The first-order valence-electron chi connectivity index (χ1n) is 6.20. The molecule has 1 saturated heterocycles. The highest BCUT2D eigenvalue weighted by Crippen LogP contribution is 2.24. The summed E-state index contributed by atoms with van der Waals surface area (Å²) in [5.74, 6) is -0.0870. The van der Waals surface area contributed by atoms with E-state index in [9.17, 15) is 4.79 Å². The van der Waals surface area contributed by atoms with Gasteiger partial charge in [0.15, 0.2) is 0 Å². The van der Waals surface area contributed by atoms with Gasteiger partial charge in [0.1, 0.15) is 0 Å². The molecule has 1 amide bonds. The molecule has 0 aliphatic carbocycles. The number of rotatable bonds is 3. The van der Waals surface area contributed by atoms with Crippen LogP contribution in [0.5, 0.6) is 0 Å². The number of likely N-dealkylation sites (tertiary alicyclic amines) is 1. The summed E-state index contributed by atoms with van der Waals surface area (Å²) in [5.41, 5.74) is 6.74. The number of likely N-dealkylation sites (N-methyl/N-ethyl adjacent to an activating group) is 1. The third-order valence-corrected chi connectivity index (χ3v) is 3.73. The van der Waals surface area contributed by atoms with Gasteiger partial charge in [-0.2, -0.15) is 0 Å². The van der Waals surface area contributed by atoms with Gasteiger partial charge in [-0.1, -0.05) is 30.3 Å². The molecule has 0 saturated carbocycles. The Kier molecular flexibility index (Phi) is 3.79. The largest absolute Gasteiger partial charge is 0.369 e. The average Bonchev–Trinajstić information content (AvgIpc) is 2.33. The molecule has 3 heteroatoms. The zero-order valence-corrected chi connectivity index (χ0v) is 10.3. The van der Waals surface area contributed by atoms with Gasteiger partial charge in [-0.25, -0.2) is 0 Å². The van der Waals surface area contributed by atoms with Crippen molar-refractivity contribution in [3.8, 4) is 0 Å². The second-order valence-electron chi connectivity index (χ2n) is 4.95. The molecule has 1 aliphatic rings.